The summed E-state index contributed by atoms with van der Waals surface area (Å²) in [5, 5.41) is 0. The van der Waals surface area contributed by atoms with Crippen LogP contribution in [-0.2, 0) is 13.8 Å². The second-order valence-electron chi connectivity index (χ2n) is 4.35. The summed E-state index contributed by atoms with van der Waals surface area (Å²) in [4.78, 5) is 13.1. The SMILES string of the molecule is O=C1CC(CS(=O)(=O)Cl)CN1c1c(F)cccc1Br. The zero-order valence-electron chi connectivity index (χ0n) is 9.64. The molecule has 1 saturated heterocycles. The number of hydrogen-bond donors (Lipinski definition) is 0. The molecule has 1 aliphatic heterocycles. The lowest BCUT2D eigenvalue weighted by molar-refractivity contribution is -0.117. The van der Waals surface area contributed by atoms with Gasteiger partial charge in [0.05, 0.1) is 11.4 Å². The normalized spacial score (nSPS) is 20.1. The number of anilines is 1. The van der Waals surface area contributed by atoms with E-state index in [2.05, 4.69) is 15.9 Å². The van der Waals surface area contributed by atoms with E-state index in [0.29, 0.717) is 4.47 Å². The van der Waals surface area contributed by atoms with Crippen LogP contribution in [0.2, 0.25) is 0 Å². The van der Waals surface area contributed by atoms with Gasteiger partial charge in [0.1, 0.15) is 5.82 Å². The minimum Gasteiger partial charge on any atom is -0.308 e. The third-order valence-electron chi connectivity index (χ3n) is 2.85. The molecule has 1 aliphatic rings. The average molecular weight is 371 g/mol. The van der Waals surface area contributed by atoms with Crippen molar-refractivity contribution in [1.82, 2.24) is 0 Å². The first-order chi connectivity index (χ1) is 8.78. The van der Waals surface area contributed by atoms with Gasteiger partial charge in [-0.05, 0) is 28.1 Å². The van der Waals surface area contributed by atoms with E-state index < -0.39 is 20.8 Å². The van der Waals surface area contributed by atoms with Gasteiger partial charge in [-0.2, -0.15) is 0 Å². The molecule has 0 radical (unpaired) electrons. The quantitative estimate of drug-likeness (QED) is 0.768. The van der Waals surface area contributed by atoms with Crippen molar-refractivity contribution in [2.45, 2.75) is 6.42 Å². The molecule has 1 aromatic rings. The van der Waals surface area contributed by atoms with Gasteiger partial charge in [-0.15, -0.1) is 0 Å². The summed E-state index contributed by atoms with van der Waals surface area (Å²) in [6.07, 6.45) is 0.0483. The Balaban J connectivity index is 2.26. The zero-order chi connectivity index (χ0) is 14.2. The van der Waals surface area contributed by atoms with E-state index in [1.54, 1.807) is 6.07 Å². The van der Waals surface area contributed by atoms with Crippen LogP contribution in [0.5, 0.6) is 0 Å². The molecule has 0 spiro atoms. The topological polar surface area (TPSA) is 54.5 Å². The van der Waals surface area contributed by atoms with E-state index in [1.165, 1.54) is 17.0 Å². The van der Waals surface area contributed by atoms with Crippen LogP contribution in [0.3, 0.4) is 0 Å². The lowest BCUT2D eigenvalue weighted by atomic mass is 10.1. The number of amides is 1. The highest BCUT2D eigenvalue weighted by Crippen LogP contribution is 2.34. The van der Waals surface area contributed by atoms with Crippen molar-refractivity contribution < 1.29 is 17.6 Å². The highest BCUT2D eigenvalue weighted by Gasteiger charge is 2.35. The van der Waals surface area contributed by atoms with Gasteiger partial charge in [0.2, 0.25) is 15.0 Å². The van der Waals surface area contributed by atoms with Crippen LogP contribution >= 0.6 is 26.6 Å². The summed E-state index contributed by atoms with van der Waals surface area (Å²) in [6.45, 7) is 0.143. The van der Waals surface area contributed by atoms with Crippen LogP contribution in [0.25, 0.3) is 0 Å². The van der Waals surface area contributed by atoms with Crippen LogP contribution in [0, 0.1) is 11.7 Å². The lowest BCUT2D eigenvalue weighted by Crippen LogP contribution is -2.26. The van der Waals surface area contributed by atoms with Gasteiger partial charge in [-0.3, -0.25) is 4.79 Å². The Hall–Kier alpha value is -0.660. The molecule has 4 nitrogen and oxygen atoms in total. The number of hydrogen-bond acceptors (Lipinski definition) is 3. The molecule has 0 aromatic heterocycles. The number of para-hydroxylation sites is 1. The van der Waals surface area contributed by atoms with Crippen LogP contribution in [0.15, 0.2) is 22.7 Å². The zero-order valence-corrected chi connectivity index (χ0v) is 12.8. The Labute approximate surface area is 123 Å². The third-order valence-corrected chi connectivity index (χ3v) is 4.73. The second kappa shape index (κ2) is 5.38. The largest absolute Gasteiger partial charge is 0.308 e. The Morgan fingerprint density at radius 3 is 2.74 bits per heavy atom. The highest BCUT2D eigenvalue weighted by atomic mass is 79.9. The number of nitrogens with zero attached hydrogens (tertiary/aromatic N) is 1. The minimum absolute atomic E-state index is 0.0483. The molecule has 1 aromatic carbocycles. The van der Waals surface area contributed by atoms with Crippen molar-refractivity contribution in [2.75, 3.05) is 17.2 Å². The van der Waals surface area contributed by atoms with Crippen molar-refractivity contribution in [2.24, 2.45) is 5.92 Å². The number of benzene rings is 1. The predicted molar refractivity (Wildman–Crippen MR) is 74.2 cm³/mol. The molecule has 1 unspecified atom stereocenters. The van der Waals surface area contributed by atoms with Gasteiger partial charge in [0.15, 0.2) is 0 Å². The highest BCUT2D eigenvalue weighted by molar-refractivity contribution is 9.10. The number of halogens is 3. The van der Waals surface area contributed by atoms with Gasteiger partial charge >= 0.3 is 0 Å². The first-order valence-corrected chi connectivity index (χ1v) is 8.72. The van der Waals surface area contributed by atoms with E-state index in [1.807, 2.05) is 0 Å². The smallest absolute Gasteiger partial charge is 0.232 e. The number of rotatable bonds is 3. The maximum absolute atomic E-state index is 13.8. The molecule has 104 valence electrons. The predicted octanol–water partition coefficient (Wildman–Crippen LogP) is 2.51. The summed E-state index contributed by atoms with van der Waals surface area (Å²) in [6, 6.07) is 4.39. The minimum atomic E-state index is -3.67. The molecule has 19 heavy (non-hydrogen) atoms. The van der Waals surface area contributed by atoms with Crippen molar-refractivity contribution in [1.29, 1.82) is 0 Å². The van der Waals surface area contributed by atoms with Gasteiger partial charge < -0.3 is 4.90 Å². The van der Waals surface area contributed by atoms with Gasteiger partial charge in [-0.25, -0.2) is 12.8 Å². The molecule has 0 N–H and O–H groups in total. The molecule has 1 heterocycles. The monoisotopic (exact) mass is 369 g/mol. The Bertz CT molecular complexity index is 602. The third kappa shape index (κ3) is 3.46. The molecule has 0 aliphatic carbocycles. The Morgan fingerprint density at radius 1 is 1.47 bits per heavy atom. The first-order valence-electron chi connectivity index (χ1n) is 5.44. The summed E-state index contributed by atoms with van der Waals surface area (Å²) < 4.78 is 36.3. The Morgan fingerprint density at radius 2 is 2.16 bits per heavy atom. The van der Waals surface area contributed by atoms with E-state index in [9.17, 15) is 17.6 Å². The molecule has 2 rings (SSSR count). The summed E-state index contributed by atoms with van der Waals surface area (Å²) in [5.41, 5.74) is 0.141. The fraction of sp³-hybridized carbons (Fsp3) is 0.364. The van der Waals surface area contributed by atoms with Crippen molar-refractivity contribution in [3.05, 3.63) is 28.5 Å². The van der Waals surface area contributed by atoms with Crippen LogP contribution in [-0.4, -0.2) is 26.6 Å². The average Bonchev–Trinajstić information content (AvgIpc) is 2.56. The maximum atomic E-state index is 13.8. The molecule has 1 amide bonds. The maximum Gasteiger partial charge on any atom is 0.232 e. The van der Waals surface area contributed by atoms with Crippen LogP contribution in [0.4, 0.5) is 10.1 Å². The number of carbonyl (C=O) groups excluding carboxylic acids is 1. The van der Waals surface area contributed by atoms with Gasteiger partial charge in [-0.1, -0.05) is 6.07 Å². The summed E-state index contributed by atoms with van der Waals surface area (Å²) in [5.74, 6) is -1.54. The van der Waals surface area contributed by atoms with E-state index in [-0.39, 0.29) is 30.3 Å². The summed E-state index contributed by atoms with van der Waals surface area (Å²) >= 11 is 3.19. The van der Waals surface area contributed by atoms with Crippen molar-refractivity contribution >= 4 is 47.3 Å². The molecule has 0 saturated carbocycles. The lowest BCUT2D eigenvalue weighted by Gasteiger charge is -2.18. The van der Waals surface area contributed by atoms with Gasteiger partial charge in [0, 0.05) is 34.0 Å². The Kier molecular flexibility index (Phi) is 4.17. The second-order valence-corrected chi connectivity index (χ2v) is 8.03. The number of carbonyl (C=O) groups is 1. The van der Waals surface area contributed by atoms with Crippen LogP contribution in [0.1, 0.15) is 6.42 Å². The molecular formula is C11H10BrClFNO3S. The van der Waals surface area contributed by atoms with E-state index in [0.717, 1.165) is 0 Å². The van der Waals surface area contributed by atoms with Crippen molar-refractivity contribution in [3.63, 3.8) is 0 Å². The van der Waals surface area contributed by atoms with Gasteiger partial charge in [0.25, 0.3) is 0 Å². The van der Waals surface area contributed by atoms with E-state index in [4.69, 9.17) is 10.7 Å². The molecule has 0 bridgehead atoms. The van der Waals surface area contributed by atoms with E-state index >= 15 is 0 Å². The fourth-order valence-corrected chi connectivity index (χ4v) is 4.01. The standard InChI is InChI=1S/C11H10BrClFNO3S/c12-8-2-1-3-9(14)11(8)15-5-7(4-10(15)16)6-19(13,17)18/h1-3,7H,4-6H2. The first kappa shape index (κ1) is 14.7. The fourth-order valence-electron chi connectivity index (χ4n) is 2.14. The summed E-state index contributed by atoms with van der Waals surface area (Å²) in [7, 11) is 1.51. The molecule has 1 atom stereocenters. The molecular weight excluding hydrogens is 361 g/mol. The molecule has 8 heteroatoms. The van der Waals surface area contributed by atoms with Crippen LogP contribution < -0.4 is 4.90 Å². The molecule has 1 fully saturated rings. The van der Waals surface area contributed by atoms with Crippen molar-refractivity contribution in [3.8, 4) is 0 Å².